The number of carbonyl (C=O) groups excluding carboxylic acids is 1. The van der Waals surface area contributed by atoms with Crippen molar-refractivity contribution < 1.29 is 4.79 Å². The Morgan fingerprint density at radius 1 is 1.38 bits per heavy atom. The minimum atomic E-state index is 0.107. The summed E-state index contributed by atoms with van der Waals surface area (Å²) in [4.78, 5) is 22.3. The predicted octanol–water partition coefficient (Wildman–Crippen LogP) is 4.29. The van der Waals surface area contributed by atoms with E-state index in [-0.39, 0.29) is 11.9 Å². The zero-order chi connectivity index (χ0) is 16.7. The van der Waals surface area contributed by atoms with Crippen LogP contribution in [-0.4, -0.2) is 27.7 Å². The highest BCUT2D eigenvalue weighted by Gasteiger charge is 2.30. The summed E-state index contributed by atoms with van der Waals surface area (Å²) in [6, 6.07) is 13.8. The van der Waals surface area contributed by atoms with Crippen LogP contribution in [0, 0.1) is 0 Å². The molecule has 0 bridgehead atoms. The van der Waals surface area contributed by atoms with Gasteiger partial charge in [-0.2, -0.15) is 0 Å². The van der Waals surface area contributed by atoms with Crippen molar-refractivity contribution >= 4 is 46.0 Å². The Morgan fingerprint density at radius 2 is 2.21 bits per heavy atom. The van der Waals surface area contributed by atoms with Gasteiger partial charge in [-0.1, -0.05) is 41.6 Å². The number of para-hydroxylation sites is 1. The second kappa shape index (κ2) is 6.15. The molecule has 0 saturated carbocycles. The smallest absolute Gasteiger partial charge is 0.237 e. The van der Waals surface area contributed by atoms with Crippen molar-refractivity contribution in [1.29, 1.82) is 0 Å². The molecule has 24 heavy (non-hydrogen) atoms. The average Bonchev–Trinajstić information content (AvgIpc) is 3.11. The Bertz CT molecular complexity index is 924. The van der Waals surface area contributed by atoms with E-state index in [4.69, 9.17) is 11.6 Å². The van der Waals surface area contributed by atoms with Crippen LogP contribution in [0.3, 0.4) is 0 Å². The molecule has 1 atom stereocenters. The van der Waals surface area contributed by atoms with Crippen LogP contribution in [0.2, 0.25) is 5.02 Å². The summed E-state index contributed by atoms with van der Waals surface area (Å²) in [6.45, 7) is 2.09. The summed E-state index contributed by atoms with van der Waals surface area (Å²) in [5.41, 5.74) is 4.01. The van der Waals surface area contributed by atoms with Gasteiger partial charge < -0.3 is 9.88 Å². The zero-order valence-corrected chi connectivity index (χ0v) is 14.7. The number of thioether (sulfide) groups is 1. The second-order valence-electron chi connectivity index (χ2n) is 5.94. The molecule has 2 aromatic carbocycles. The van der Waals surface area contributed by atoms with Crippen LogP contribution in [0.1, 0.15) is 12.5 Å². The van der Waals surface area contributed by atoms with Gasteiger partial charge in [0.15, 0.2) is 5.16 Å². The molecular weight excluding hydrogens is 342 g/mol. The van der Waals surface area contributed by atoms with Gasteiger partial charge in [-0.15, -0.1) is 0 Å². The topological polar surface area (TPSA) is 49.0 Å². The van der Waals surface area contributed by atoms with Gasteiger partial charge in [-0.05, 0) is 43.2 Å². The number of hydrogen-bond donors (Lipinski definition) is 1. The summed E-state index contributed by atoms with van der Waals surface area (Å²) >= 11 is 7.41. The van der Waals surface area contributed by atoms with Crippen LogP contribution >= 0.6 is 23.4 Å². The van der Waals surface area contributed by atoms with E-state index in [0.717, 1.165) is 28.3 Å². The van der Waals surface area contributed by atoms with Crippen molar-refractivity contribution in [1.82, 2.24) is 9.97 Å². The van der Waals surface area contributed by atoms with Crippen LogP contribution in [0.4, 0.5) is 5.69 Å². The van der Waals surface area contributed by atoms with E-state index in [1.807, 2.05) is 41.3 Å². The maximum absolute atomic E-state index is 12.7. The van der Waals surface area contributed by atoms with Crippen molar-refractivity contribution in [3.63, 3.8) is 0 Å². The quantitative estimate of drug-likeness (QED) is 0.711. The Morgan fingerprint density at radius 3 is 3.08 bits per heavy atom. The minimum Gasteiger partial charge on any atom is -0.333 e. The van der Waals surface area contributed by atoms with Crippen LogP contribution in [0.5, 0.6) is 0 Å². The number of aromatic nitrogens is 2. The maximum atomic E-state index is 12.7. The molecule has 1 N–H and O–H groups in total. The fraction of sp³-hybridized carbons (Fsp3) is 0.222. The average molecular weight is 358 g/mol. The normalized spacial score (nSPS) is 16.6. The van der Waals surface area contributed by atoms with Crippen molar-refractivity contribution in [3.8, 4) is 0 Å². The fourth-order valence-corrected chi connectivity index (χ4v) is 4.09. The molecule has 4 nitrogen and oxygen atoms in total. The molecule has 3 aromatic rings. The van der Waals surface area contributed by atoms with E-state index in [1.165, 1.54) is 17.3 Å². The Labute approximate surface area is 149 Å². The largest absolute Gasteiger partial charge is 0.333 e. The number of aromatic amines is 1. The fourth-order valence-electron chi connectivity index (χ4n) is 3.17. The molecule has 6 heteroatoms. The molecule has 1 aromatic heterocycles. The van der Waals surface area contributed by atoms with Crippen LogP contribution in [0.15, 0.2) is 47.6 Å². The lowest BCUT2D eigenvalue weighted by Gasteiger charge is -2.22. The lowest BCUT2D eigenvalue weighted by molar-refractivity contribution is -0.116. The molecule has 0 fully saturated rings. The highest BCUT2D eigenvalue weighted by atomic mass is 35.5. The third kappa shape index (κ3) is 2.78. The van der Waals surface area contributed by atoms with E-state index in [2.05, 4.69) is 23.0 Å². The molecule has 1 aliphatic heterocycles. The van der Waals surface area contributed by atoms with Crippen molar-refractivity contribution in [2.45, 2.75) is 24.5 Å². The van der Waals surface area contributed by atoms with Gasteiger partial charge >= 0.3 is 0 Å². The van der Waals surface area contributed by atoms with E-state index >= 15 is 0 Å². The SMILES string of the molecule is CC1Cc2ccccc2N1C(=O)CSc1nc2ccc(Cl)cc2[nH]1. The molecule has 2 heterocycles. The molecule has 1 aliphatic rings. The molecule has 0 radical (unpaired) electrons. The summed E-state index contributed by atoms with van der Waals surface area (Å²) < 4.78 is 0. The first kappa shape index (κ1) is 15.5. The Balaban J connectivity index is 1.50. The number of imidazole rings is 1. The molecule has 0 saturated heterocycles. The third-order valence-corrected chi connectivity index (χ3v) is 5.32. The molecular formula is C18H16ClN3OS. The Kier molecular flexibility index (Phi) is 3.98. The summed E-state index contributed by atoms with van der Waals surface area (Å²) in [6.07, 6.45) is 0.912. The number of benzene rings is 2. The third-order valence-electron chi connectivity index (χ3n) is 4.23. The molecule has 4 rings (SSSR count). The number of carbonyl (C=O) groups is 1. The van der Waals surface area contributed by atoms with Crippen LogP contribution in [0.25, 0.3) is 11.0 Å². The second-order valence-corrected chi connectivity index (χ2v) is 7.34. The number of halogens is 1. The first-order valence-electron chi connectivity index (χ1n) is 7.80. The number of H-pyrrole nitrogens is 1. The van der Waals surface area contributed by atoms with Gasteiger partial charge in [-0.25, -0.2) is 4.98 Å². The summed E-state index contributed by atoms with van der Waals surface area (Å²) in [5.74, 6) is 0.461. The van der Waals surface area contributed by atoms with Gasteiger partial charge in [0.1, 0.15) is 0 Å². The highest BCUT2D eigenvalue weighted by molar-refractivity contribution is 7.99. The van der Waals surface area contributed by atoms with Gasteiger partial charge in [0.05, 0.1) is 16.8 Å². The molecule has 0 spiro atoms. The first-order valence-corrected chi connectivity index (χ1v) is 9.16. The number of fused-ring (bicyclic) bond motifs is 2. The van der Waals surface area contributed by atoms with Crippen molar-refractivity contribution in [3.05, 3.63) is 53.1 Å². The number of anilines is 1. The van der Waals surface area contributed by atoms with Gasteiger partial charge in [0.2, 0.25) is 5.91 Å². The van der Waals surface area contributed by atoms with Gasteiger partial charge in [0.25, 0.3) is 0 Å². The molecule has 122 valence electrons. The number of nitrogens with zero attached hydrogens (tertiary/aromatic N) is 2. The molecule has 1 unspecified atom stereocenters. The molecule has 1 amide bonds. The van der Waals surface area contributed by atoms with Crippen molar-refractivity contribution in [2.24, 2.45) is 0 Å². The van der Waals surface area contributed by atoms with E-state index in [9.17, 15) is 4.79 Å². The molecule has 0 aliphatic carbocycles. The number of nitrogens with one attached hydrogen (secondary N) is 1. The number of amides is 1. The number of rotatable bonds is 3. The predicted molar refractivity (Wildman–Crippen MR) is 98.9 cm³/mol. The maximum Gasteiger partial charge on any atom is 0.237 e. The minimum absolute atomic E-state index is 0.107. The lowest BCUT2D eigenvalue weighted by Crippen LogP contribution is -2.36. The lowest BCUT2D eigenvalue weighted by atomic mass is 10.1. The Hall–Kier alpha value is -1.98. The monoisotopic (exact) mass is 357 g/mol. The van der Waals surface area contributed by atoms with Crippen LogP contribution < -0.4 is 4.90 Å². The first-order chi connectivity index (χ1) is 11.6. The van der Waals surface area contributed by atoms with Crippen LogP contribution in [-0.2, 0) is 11.2 Å². The zero-order valence-electron chi connectivity index (χ0n) is 13.1. The van der Waals surface area contributed by atoms with E-state index < -0.39 is 0 Å². The standard InChI is InChI=1S/C18H16ClN3OS/c1-11-8-12-4-2-3-5-16(12)22(11)17(23)10-24-18-20-14-7-6-13(19)9-15(14)21-18/h2-7,9,11H,8,10H2,1H3,(H,20,21). The van der Waals surface area contributed by atoms with Gasteiger partial charge in [0, 0.05) is 16.8 Å². The summed E-state index contributed by atoms with van der Waals surface area (Å²) in [5, 5.41) is 1.40. The van der Waals surface area contributed by atoms with E-state index in [0.29, 0.717) is 10.8 Å². The van der Waals surface area contributed by atoms with E-state index in [1.54, 1.807) is 0 Å². The van der Waals surface area contributed by atoms with Crippen molar-refractivity contribution in [2.75, 3.05) is 10.7 Å². The highest BCUT2D eigenvalue weighted by Crippen LogP contribution is 2.32. The number of hydrogen-bond acceptors (Lipinski definition) is 3. The van der Waals surface area contributed by atoms with Gasteiger partial charge in [-0.3, -0.25) is 4.79 Å². The summed E-state index contributed by atoms with van der Waals surface area (Å²) in [7, 11) is 0.